The van der Waals surface area contributed by atoms with E-state index in [1.165, 1.54) is 0 Å². The minimum absolute atomic E-state index is 0. The van der Waals surface area contributed by atoms with Crippen molar-refractivity contribution in [1.82, 2.24) is 5.32 Å². The van der Waals surface area contributed by atoms with Crippen LogP contribution in [0.4, 0.5) is 4.39 Å². The van der Waals surface area contributed by atoms with E-state index < -0.39 is 6.17 Å². The molecule has 1 heterocycles. The molecule has 1 nitrogen and oxygen atoms in total. The molecule has 1 aromatic carbocycles. The summed E-state index contributed by atoms with van der Waals surface area (Å²) in [7, 11) is 0. The van der Waals surface area contributed by atoms with Gasteiger partial charge in [-0.3, -0.25) is 0 Å². The van der Waals surface area contributed by atoms with Crippen LogP contribution in [0.15, 0.2) is 28.7 Å². The van der Waals surface area contributed by atoms with E-state index in [9.17, 15) is 4.39 Å². The van der Waals surface area contributed by atoms with Crippen molar-refractivity contribution in [1.29, 1.82) is 0 Å². The van der Waals surface area contributed by atoms with E-state index in [0.29, 0.717) is 13.0 Å². The van der Waals surface area contributed by atoms with E-state index in [0.717, 1.165) is 10.0 Å². The lowest BCUT2D eigenvalue weighted by Crippen LogP contribution is -2.32. The van der Waals surface area contributed by atoms with E-state index in [4.69, 9.17) is 0 Å². The molecular weight excluding hydrogens is 280 g/mol. The zero-order chi connectivity index (χ0) is 10.2. The van der Waals surface area contributed by atoms with Crippen molar-refractivity contribution < 1.29 is 4.39 Å². The first-order valence-corrected chi connectivity index (χ1v) is 5.55. The van der Waals surface area contributed by atoms with Crippen molar-refractivity contribution in [2.45, 2.75) is 25.1 Å². The van der Waals surface area contributed by atoms with Crippen LogP contribution in [0.1, 0.15) is 18.9 Å². The molecule has 0 spiro atoms. The van der Waals surface area contributed by atoms with E-state index in [2.05, 4.69) is 21.2 Å². The Morgan fingerprint density at radius 2 is 2.27 bits per heavy atom. The second-order valence-electron chi connectivity index (χ2n) is 4.02. The Morgan fingerprint density at radius 1 is 1.53 bits per heavy atom. The van der Waals surface area contributed by atoms with Gasteiger partial charge in [0.2, 0.25) is 0 Å². The van der Waals surface area contributed by atoms with Gasteiger partial charge < -0.3 is 5.32 Å². The van der Waals surface area contributed by atoms with Gasteiger partial charge in [0.25, 0.3) is 0 Å². The minimum atomic E-state index is -0.723. The van der Waals surface area contributed by atoms with Crippen molar-refractivity contribution in [2.75, 3.05) is 6.54 Å². The molecule has 1 fully saturated rings. The van der Waals surface area contributed by atoms with Gasteiger partial charge in [0, 0.05) is 23.0 Å². The second-order valence-corrected chi connectivity index (χ2v) is 4.94. The molecule has 0 amide bonds. The van der Waals surface area contributed by atoms with E-state index in [-0.39, 0.29) is 17.9 Å². The van der Waals surface area contributed by atoms with Crippen molar-refractivity contribution >= 4 is 28.3 Å². The molecule has 1 saturated heterocycles. The van der Waals surface area contributed by atoms with Gasteiger partial charge in [-0.1, -0.05) is 28.1 Å². The van der Waals surface area contributed by atoms with Crippen LogP contribution >= 0.6 is 28.3 Å². The molecule has 0 aliphatic carbocycles. The van der Waals surface area contributed by atoms with Crippen LogP contribution in [-0.4, -0.2) is 12.7 Å². The summed E-state index contributed by atoms with van der Waals surface area (Å²) in [6.45, 7) is 2.51. The molecule has 1 aliphatic rings. The predicted octanol–water partition coefficient (Wildman–Crippen LogP) is 3.42. The number of hydrogen-bond acceptors (Lipinski definition) is 1. The smallest absolute Gasteiger partial charge is 0.115 e. The number of nitrogens with one attached hydrogen (secondary N) is 1. The highest BCUT2D eigenvalue weighted by molar-refractivity contribution is 9.10. The molecule has 2 rings (SSSR count). The second kappa shape index (κ2) is 4.81. The summed E-state index contributed by atoms with van der Waals surface area (Å²) in [4.78, 5) is 0. The first kappa shape index (κ1) is 12.9. The zero-order valence-electron chi connectivity index (χ0n) is 8.47. The fourth-order valence-corrected chi connectivity index (χ4v) is 2.37. The van der Waals surface area contributed by atoms with Crippen LogP contribution in [0.3, 0.4) is 0 Å². The van der Waals surface area contributed by atoms with Crippen molar-refractivity contribution in [3.63, 3.8) is 0 Å². The van der Waals surface area contributed by atoms with Gasteiger partial charge in [-0.2, -0.15) is 0 Å². The quantitative estimate of drug-likeness (QED) is 0.837. The average molecular weight is 295 g/mol. The molecule has 0 aromatic heterocycles. The lowest BCUT2D eigenvalue weighted by Gasteiger charge is -2.24. The molecule has 1 aromatic rings. The number of rotatable bonds is 1. The van der Waals surface area contributed by atoms with Gasteiger partial charge in [0.1, 0.15) is 6.17 Å². The maximum absolute atomic E-state index is 13.1. The Hall–Kier alpha value is -0.120. The standard InChI is InChI=1S/C11H13BrFN.ClH/c1-11(6-10(13)7-14-11)8-3-2-4-9(12)5-8;/h2-5,10,14H,6-7H2,1H3;1H. The van der Waals surface area contributed by atoms with Gasteiger partial charge in [0.15, 0.2) is 0 Å². The lowest BCUT2D eigenvalue weighted by molar-refractivity contribution is 0.333. The SMILES string of the molecule is CC1(c2cccc(Br)c2)CC(F)CN1.Cl. The third kappa shape index (κ3) is 2.71. The molecular formula is C11H14BrClFN. The molecule has 84 valence electrons. The monoisotopic (exact) mass is 293 g/mol. The normalized spacial score (nSPS) is 29.9. The van der Waals surface area contributed by atoms with Crippen molar-refractivity contribution in [2.24, 2.45) is 0 Å². The number of benzene rings is 1. The first-order chi connectivity index (χ1) is 6.60. The van der Waals surface area contributed by atoms with Crippen LogP contribution in [0, 0.1) is 0 Å². The third-order valence-corrected chi connectivity index (χ3v) is 3.30. The van der Waals surface area contributed by atoms with Crippen molar-refractivity contribution in [3.8, 4) is 0 Å². The Balaban J connectivity index is 0.00000112. The molecule has 15 heavy (non-hydrogen) atoms. The fraction of sp³-hybridized carbons (Fsp3) is 0.455. The van der Waals surface area contributed by atoms with Crippen molar-refractivity contribution in [3.05, 3.63) is 34.3 Å². The summed E-state index contributed by atoms with van der Waals surface area (Å²) in [6, 6.07) is 8.05. The Morgan fingerprint density at radius 3 is 2.80 bits per heavy atom. The number of hydrogen-bond donors (Lipinski definition) is 1. The molecule has 4 heteroatoms. The summed E-state index contributed by atoms with van der Waals surface area (Å²) in [6.07, 6.45) is -0.164. The Labute approximate surface area is 104 Å². The van der Waals surface area contributed by atoms with Gasteiger partial charge in [-0.05, 0) is 24.6 Å². The topological polar surface area (TPSA) is 12.0 Å². The summed E-state index contributed by atoms with van der Waals surface area (Å²) in [5, 5.41) is 3.23. The van der Waals surface area contributed by atoms with Crippen LogP contribution in [0.5, 0.6) is 0 Å². The summed E-state index contributed by atoms with van der Waals surface area (Å²) in [5.74, 6) is 0. The molecule has 0 radical (unpaired) electrons. The van der Waals surface area contributed by atoms with Crippen LogP contribution in [0.25, 0.3) is 0 Å². The largest absolute Gasteiger partial charge is 0.305 e. The maximum atomic E-state index is 13.1. The summed E-state index contributed by atoms with van der Waals surface area (Å²) in [5.41, 5.74) is 0.940. The third-order valence-electron chi connectivity index (χ3n) is 2.81. The fourth-order valence-electron chi connectivity index (χ4n) is 1.97. The lowest BCUT2D eigenvalue weighted by atomic mass is 9.90. The molecule has 2 unspecified atom stereocenters. The van der Waals surface area contributed by atoms with E-state index in [1.54, 1.807) is 0 Å². The minimum Gasteiger partial charge on any atom is -0.305 e. The molecule has 1 aliphatic heterocycles. The van der Waals surface area contributed by atoms with Gasteiger partial charge >= 0.3 is 0 Å². The number of halogens is 3. The summed E-state index contributed by atoms with van der Waals surface area (Å²) >= 11 is 3.43. The Bertz CT molecular complexity index is 347. The zero-order valence-corrected chi connectivity index (χ0v) is 10.9. The van der Waals surface area contributed by atoms with Crippen LogP contribution in [0.2, 0.25) is 0 Å². The molecule has 0 bridgehead atoms. The molecule has 1 N–H and O–H groups in total. The van der Waals surface area contributed by atoms with E-state index in [1.807, 2.05) is 31.2 Å². The van der Waals surface area contributed by atoms with Gasteiger partial charge in [-0.25, -0.2) is 4.39 Å². The molecule has 2 atom stereocenters. The predicted molar refractivity (Wildman–Crippen MR) is 66.3 cm³/mol. The highest BCUT2D eigenvalue weighted by atomic mass is 79.9. The van der Waals surface area contributed by atoms with Gasteiger partial charge in [-0.15, -0.1) is 12.4 Å². The maximum Gasteiger partial charge on any atom is 0.115 e. The molecule has 0 saturated carbocycles. The average Bonchev–Trinajstić information content (AvgIpc) is 2.48. The van der Waals surface area contributed by atoms with E-state index >= 15 is 0 Å². The Kier molecular flexibility index (Phi) is 4.15. The highest BCUT2D eigenvalue weighted by Gasteiger charge is 2.36. The summed E-state index contributed by atoms with van der Waals surface area (Å²) < 4.78 is 14.2. The highest BCUT2D eigenvalue weighted by Crippen LogP contribution is 2.32. The first-order valence-electron chi connectivity index (χ1n) is 4.75. The van der Waals surface area contributed by atoms with Crippen LogP contribution in [-0.2, 0) is 5.54 Å². The number of alkyl halides is 1. The van der Waals surface area contributed by atoms with Crippen LogP contribution < -0.4 is 5.32 Å². The van der Waals surface area contributed by atoms with Gasteiger partial charge in [0.05, 0.1) is 0 Å².